The first-order valence-corrected chi connectivity index (χ1v) is 7.93. The largest absolute Gasteiger partial charge is 0.472 e. The Labute approximate surface area is 143 Å². The predicted molar refractivity (Wildman–Crippen MR) is 85.0 cm³/mol. The van der Waals surface area contributed by atoms with E-state index in [4.69, 9.17) is 4.74 Å². The van der Waals surface area contributed by atoms with Crippen molar-refractivity contribution >= 4 is 5.91 Å². The number of hydrogen-bond donors (Lipinski definition) is 0. The number of halogens is 3. The van der Waals surface area contributed by atoms with Crippen LogP contribution < -0.4 is 4.74 Å². The van der Waals surface area contributed by atoms with Crippen LogP contribution in [-0.2, 0) is 17.4 Å². The third-order valence-corrected chi connectivity index (χ3v) is 4.05. The van der Waals surface area contributed by atoms with E-state index in [1.54, 1.807) is 4.90 Å². The highest BCUT2D eigenvalue weighted by atomic mass is 19.4. The van der Waals surface area contributed by atoms with Crippen molar-refractivity contribution < 1.29 is 22.7 Å². The molecule has 4 nitrogen and oxygen atoms in total. The number of carbonyl (C=O) groups excluding carboxylic acids is 1. The lowest BCUT2D eigenvalue weighted by Crippen LogP contribution is -2.32. The fourth-order valence-corrected chi connectivity index (χ4v) is 2.75. The van der Waals surface area contributed by atoms with Gasteiger partial charge in [-0.2, -0.15) is 13.2 Å². The number of hydrogen-bond acceptors (Lipinski definition) is 3. The second kappa shape index (κ2) is 7.13. The summed E-state index contributed by atoms with van der Waals surface area (Å²) < 4.78 is 43.7. The van der Waals surface area contributed by atoms with Gasteiger partial charge in [0.15, 0.2) is 0 Å². The summed E-state index contributed by atoms with van der Waals surface area (Å²) in [7, 11) is 0. The Balaban J connectivity index is 1.57. The van der Waals surface area contributed by atoms with Crippen molar-refractivity contribution in [1.29, 1.82) is 0 Å². The molecule has 0 radical (unpaired) electrons. The van der Waals surface area contributed by atoms with Crippen molar-refractivity contribution in [2.45, 2.75) is 25.1 Å². The minimum absolute atomic E-state index is 0.0192. The number of ether oxygens (including phenoxy) is 1. The quantitative estimate of drug-likeness (QED) is 0.850. The molecule has 0 N–H and O–H groups in total. The van der Waals surface area contributed by atoms with E-state index >= 15 is 0 Å². The summed E-state index contributed by atoms with van der Waals surface area (Å²) >= 11 is 0. The van der Waals surface area contributed by atoms with E-state index in [0.717, 1.165) is 23.9 Å². The summed E-state index contributed by atoms with van der Waals surface area (Å²) in [4.78, 5) is 17.8. The lowest BCUT2D eigenvalue weighted by atomic mass is 10.1. The van der Waals surface area contributed by atoms with Gasteiger partial charge in [-0.05, 0) is 11.6 Å². The van der Waals surface area contributed by atoms with Gasteiger partial charge in [-0.25, -0.2) is 4.98 Å². The molecule has 1 unspecified atom stereocenters. The van der Waals surface area contributed by atoms with Crippen LogP contribution in [0.2, 0.25) is 0 Å². The zero-order valence-corrected chi connectivity index (χ0v) is 13.4. The maximum absolute atomic E-state index is 12.7. The Hall–Kier alpha value is -2.57. The third kappa shape index (κ3) is 4.49. The van der Waals surface area contributed by atoms with Gasteiger partial charge in [0.2, 0.25) is 11.8 Å². The van der Waals surface area contributed by atoms with E-state index in [1.807, 2.05) is 30.3 Å². The van der Waals surface area contributed by atoms with Crippen LogP contribution in [0, 0.1) is 0 Å². The minimum atomic E-state index is -4.44. The van der Waals surface area contributed by atoms with Crippen LogP contribution in [0.1, 0.15) is 17.5 Å². The van der Waals surface area contributed by atoms with Crippen molar-refractivity contribution in [3.63, 3.8) is 0 Å². The van der Waals surface area contributed by atoms with Gasteiger partial charge in [0.1, 0.15) is 6.10 Å². The number of likely N-dealkylation sites (tertiary alicyclic amines) is 1. The Kier molecular flexibility index (Phi) is 4.92. The first-order chi connectivity index (χ1) is 11.9. The van der Waals surface area contributed by atoms with E-state index in [2.05, 4.69) is 4.98 Å². The van der Waals surface area contributed by atoms with Gasteiger partial charge < -0.3 is 9.64 Å². The molecule has 1 aliphatic heterocycles. The molecule has 1 aromatic carbocycles. The molecule has 132 valence electrons. The van der Waals surface area contributed by atoms with Gasteiger partial charge in [0, 0.05) is 25.2 Å². The highest BCUT2D eigenvalue weighted by molar-refractivity contribution is 5.79. The minimum Gasteiger partial charge on any atom is -0.472 e. The van der Waals surface area contributed by atoms with E-state index in [1.165, 1.54) is 0 Å². The molecule has 1 aliphatic rings. The summed E-state index contributed by atoms with van der Waals surface area (Å²) in [6, 6.07) is 11.2. The molecule has 0 bridgehead atoms. The topological polar surface area (TPSA) is 42.4 Å². The number of pyridine rings is 1. The summed E-state index contributed by atoms with van der Waals surface area (Å²) in [5.74, 6) is -0.0912. The summed E-state index contributed by atoms with van der Waals surface area (Å²) in [6.07, 6.45) is -2.84. The number of nitrogens with zero attached hydrogens (tertiary/aromatic N) is 2. The molecule has 0 spiro atoms. The Morgan fingerprint density at radius 2 is 2.00 bits per heavy atom. The van der Waals surface area contributed by atoms with Crippen molar-refractivity contribution in [3.8, 4) is 5.88 Å². The van der Waals surface area contributed by atoms with Gasteiger partial charge in [-0.3, -0.25) is 4.79 Å². The smallest absolute Gasteiger partial charge is 0.416 e. The van der Waals surface area contributed by atoms with Crippen LogP contribution in [0.4, 0.5) is 13.2 Å². The summed E-state index contributed by atoms with van der Waals surface area (Å²) in [5.41, 5.74) is 0.129. The lowest BCUT2D eigenvalue weighted by molar-refractivity contribution is -0.137. The maximum Gasteiger partial charge on any atom is 0.416 e. The second-order valence-corrected chi connectivity index (χ2v) is 5.91. The van der Waals surface area contributed by atoms with E-state index in [-0.39, 0.29) is 17.9 Å². The number of carbonyl (C=O) groups is 1. The van der Waals surface area contributed by atoms with Crippen LogP contribution in [0.3, 0.4) is 0 Å². The standard InChI is InChI=1S/C18H17F3N2O2/c19-18(20,21)14-6-8-22-16(11-14)25-15-7-9-23(12-15)17(24)10-13-4-2-1-3-5-13/h1-6,8,11,15H,7,9-10,12H2. The first kappa shape index (κ1) is 17.3. The van der Waals surface area contributed by atoms with E-state index in [9.17, 15) is 18.0 Å². The second-order valence-electron chi connectivity index (χ2n) is 5.91. The number of alkyl halides is 3. The summed E-state index contributed by atoms with van der Waals surface area (Å²) in [5, 5.41) is 0. The normalized spacial score (nSPS) is 17.6. The molecule has 0 saturated carbocycles. The van der Waals surface area contributed by atoms with Crippen molar-refractivity contribution in [2.75, 3.05) is 13.1 Å². The average Bonchev–Trinajstić information content (AvgIpc) is 3.04. The molecule has 1 fully saturated rings. The molecule has 1 saturated heterocycles. The van der Waals surface area contributed by atoms with E-state index < -0.39 is 11.7 Å². The van der Waals surface area contributed by atoms with Crippen LogP contribution in [0.5, 0.6) is 5.88 Å². The SMILES string of the molecule is O=C(Cc1ccccc1)N1CCC(Oc2cc(C(F)(F)F)ccn2)C1. The maximum atomic E-state index is 12.7. The molecular weight excluding hydrogens is 333 g/mol. The lowest BCUT2D eigenvalue weighted by Gasteiger charge is -2.17. The molecule has 2 heterocycles. The molecule has 0 aliphatic carbocycles. The zero-order chi connectivity index (χ0) is 17.9. The molecule has 25 heavy (non-hydrogen) atoms. The predicted octanol–water partition coefficient (Wildman–Crippen LogP) is 3.32. The van der Waals surface area contributed by atoms with Crippen molar-refractivity contribution in [3.05, 3.63) is 59.8 Å². The molecule has 1 amide bonds. The fourth-order valence-electron chi connectivity index (χ4n) is 2.75. The van der Waals surface area contributed by atoms with Crippen LogP contribution in [-0.4, -0.2) is 35.0 Å². The fraction of sp³-hybridized carbons (Fsp3) is 0.333. The number of benzene rings is 1. The van der Waals surface area contributed by atoms with Gasteiger partial charge >= 0.3 is 6.18 Å². The van der Waals surface area contributed by atoms with Gasteiger partial charge in [0.05, 0.1) is 18.5 Å². The van der Waals surface area contributed by atoms with Crippen molar-refractivity contribution in [1.82, 2.24) is 9.88 Å². The average molecular weight is 350 g/mol. The molecule has 7 heteroatoms. The molecule has 3 rings (SSSR count). The van der Waals surface area contributed by atoms with Crippen LogP contribution in [0.25, 0.3) is 0 Å². The third-order valence-electron chi connectivity index (χ3n) is 4.05. The molecular formula is C18H17F3N2O2. The van der Waals surface area contributed by atoms with E-state index in [0.29, 0.717) is 25.9 Å². The Morgan fingerprint density at radius 1 is 1.24 bits per heavy atom. The summed E-state index contributed by atoms with van der Waals surface area (Å²) in [6.45, 7) is 0.874. The Morgan fingerprint density at radius 3 is 2.72 bits per heavy atom. The number of amides is 1. The monoisotopic (exact) mass is 350 g/mol. The van der Waals surface area contributed by atoms with Crippen LogP contribution in [0.15, 0.2) is 48.7 Å². The highest BCUT2D eigenvalue weighted by Crippen LogP contribution is 2.31. The molecule has 2 aromatic rings. The van der Waals surface area contributed by atoms with Gasteiger partial charge in [-0.15, -0.1) is 0 Å². The Bertz CT molecular complexity index is 735. The molecule has 1 aromatic heterocycles. The molecule has 1 atom stereocenters. The zero-order valence-electron chi connectivity index (χ0n) is 13.4. The number of rotatable bonds is 4. The van der Waals surface area contributed by atoms with Gasteiger partial charge in [-0.1, -0.05) is 30.3 Å². The number of aromatic nitrogens is 1. The van der Waals surface area contributed by atoms with Gasteiger partial charge in [0.25, 0.3) is 0 Å². The van der Waals surface area contributed by atoms with Crippen LogP contribution >= 0.6 is 0 Å². The first-order valence-electron chi connectivity index (χ1n) is 7.93. The van der Waals surface area contributed by atoms with Crippen molar-refractivity contribution in [2.24, 2.45) is 0 Å². The highest BCUT2D eigenvalue weighted by Gasteiger charge is 2.32.